The van der Waals surface area contributed by atoms with E-state index in [9.17, 15) is 8.42 Å². The zero-order valence-corrected chi connectivity index (χ0v) is 28.4. The Morgan fingerprint density at radius 3 is 2.35 bits per heavy atom. The molecule has 1 aromatic heterocycles. The van der Waals surface area contributed by atoms with Crippen LogP contribution in [-0.4, -0.2) is 92.9 Å². The van der Waals surface area contributed by atoms with Crippen LogP contribution < -0.4 is 20.3 Å². The number of likely N-dealkylation sites (N-methyl/N-ethyl adjacent to an activating group) is 1. The van der Waals surface area contributed by atoms with Crippen molar-refractivity contribution in [2.45, 2.75) is 42.9 Å². The molecule has 12 heteroatoms. The van der Waals surface area contributed by atoms with Gasteiger partial charge in [-0.15, -0.1) is 0 Å². The molecule has 2 saturated heterocycles. The number of ether oxygens (including phenoxy) is 1. The number of piperidine rings is 1. The summed E-state index contributed by atoms with van der Waals surface area (Å²) in [6, 6.07) is 19.0. The number of benzene rings is 3. The van der Waals surface area contributed by atoms with Gasteiger partial charge in [0.1, 0.15) is 11.6 Å². The number of hydrogen-bond donors (Lipinski definition) is 2. The minimum atomic E-state index is -3.55. The Morgan fingerprint density at radius 2 is 1.63 bits per heavy atom. The van der Waals surface area contributed by atoms with Gasteiger partial charge in [0.25, 0.3) is 0 Å². The standard InChI is InChI=1S/C34H42ClN7O3S/c1-23(2)46(43,44)32-8-6-5-7-29(32)36-33-27-11-9-24(35)21-30(27)38-34(39-33)37-28-12-10-26(22-31(28)45-4)41-15-13-25(14-16-41)42-19-17-40(3)18-20-42/h5-12,21-23,25H,13-20H2,1-4H3,(H2,36,37,38,39). The van der Waals surface area contributed by atoms with Crippen molar-refractivity contribution in [3.63, 3.8) is 0 Å². The normalized spacial score (nSPS) is 17.0. The zero-order chi connectivity index (χ0) is 32.4. The highest BCUT2D eigenvalue weighted by molar-refractivity contribution is 7.92. The molecule has 3 heterocycles. The van der Waals surface area contributed by atoms with E-state index in [-0.39, 0.29) is 4.90 Å². The van der Waals surface area contributed by atoms with Gasteiger partial charge in [0.05, 0.1) is 34.1 Å². The van der Waals surface area contributed by atoms with Gasteiger partial charge in [0.2, 0.25) is 5.95 Å². The van der Waals surface area contributed by atoms with Crippen molar-refractivity contribution < 1.29 is 13.2 Å². The number of nitrogens with one attached hydrogen (secondary N) is 2. The molecule has 2 fully saturated rings. The fourth-order valence-corrected chi connectivity index (χ4v) is 7.60. The van der Waals surface area contributed by atoms with E-state index in [0.29, 0.717) is 50.9 Å². The molecular formula is C34H42ClN7O3S. The van der Waals surface area contributed by atoms with Crippen LogP contribution in [-0.2, 0) is 9.84 Å². The molecule has 0 bridgehead atoms. The lowest BCUT2D eigenvalue weighted by atomic mass is 10.0. The Labute approximate surface area is 276 Å². The summed E-state index contributed by atoms with van der Waals surface area (Å²) in [6.45, 7) is 9.94. The second-order valence-electron chi connectivity index (χ2n) is 12.3. The number of sulfone groups is 1. The van der Waals surface area contributed by atoms with Crippen molar-refractivity contribution in [3.05, 3.63) is 65.7 Å². The van der Waals surface area contributed by atoms with Crippen LogP contribution in [0.25, 0.3) is 10.9 Å². The highest BCUT2D eigenvalue weighted by Crippen LogP contribution is 2.35. The molecule has 2 aliphatic rings. The molecular weight excluding hydrogens is 622 g/mol. The first-order chi connectivity index (χ1) is 22.1. The first kappa shape index (κ1) is 32.3. The van der Waals surface area contributed by atoms with Crippen LogP contribution in [0.15, 0.2) is 65.6 Å². The van der Waals surface area contributed by atoms with Gasteiger partial charge in [-0.25, -0.2) is 13.4 Å². The van der Waals surface area contributed by atoms with Crippen molar-refractivity contribution in [1.82, 2.24) is 19.8 Å². The highest BCUT2D eigenvalue weighted by atomic mass is 35.5. The average Bonchev–Trinajstić information content (AvgIpc) is 3.05. The monoisotopic (exact) mass is 663 g/mol. The fraction of sp³-hybridized carbons (Fsp3) is 0.412. The second-order valence-corrected chi connectivity index (χ2v) is 15.2. The van der Waals surface area contributed by atoms with Crippen LogP contribution in [0.4, 0.5) is 28.8 Å². The van der Waals surface area contributed by atoms with Crippen molar-refractivity contribution >= 4 is 61.2 Å². The summed E-state index contributed by atoms with van der Waals surface area (Å²) in [5.41, 5.74) is 2.88. The van der Waals surface area contributed by atoms with Gasteiger partial charge in [-0.2, -0.15) is 4.98 Å². The molecule has 3 aromatic carbocycles. The average molecular weight is 664 g/mol. The summed E-state index contributed by atoms with van der Waals surface area (Å²) < 4.78 is 32.1. The Morgan fingerprint density at radius 1 is 0.891 bits per heavy atom. The van der Waals surface area contributed by atoms with Gasteiger partial charge in [-0.05, 0) is 76.2 Å². The molecule has 46 heavy (non-hydrogen) atoms. The van der Waals surface area contributed by atoms with Crippen LogP contribution in [0, 0.1) is 0 Å². The predicted molar refractivity (Wildman–Crippen MR) is 187 cm³/mol. The van der Waals surface area contributed by atoms with E-state index in [1.165, 1.54) is 0 Å². The number of aromatic nitrogens is 2. The van der Waals surface area contributed by atoms with Crippen LogP contribution in [0.1, 0.15) is 26.7 Å². The van der Waals surface area contributed by atoms with Gasteiger partial charge < -0.3 is 25.2 Å². The molecule has 10 nitrogen and oxygen atoms in total. The maximum atomic E-state index is 13.1. The highest BCUT2D eigenvalue weighted by Gasteiger charge is 2.27. The quantitative estimate of drug-likeness (QED) is 0.216. The number of rotatable bonds is 9. The number of para-hydroxylation sites is 1. The predicted octanol–water partition coefficient (Wildman–Crippen LogP) is 6.18. The third-order valence-electron chi connectivity index (χ3n) is 9.04. The summed E-state index contributed by atoms with van der Waals surface area (Å²) >= 11 is 6.35. The van der Waals surface area contributed by atoms with Crippen LogP contribution in [0.2, 0.25) is 5.02 Å². The molecule has 6 rings (SSSR count). The van der Waals surface area contributed by atoms with Crippen LogP contribution >= 0.6 is 11.6 Å². The van der Waals surface area contributed by atoms with Crippen molar-refractivity contribution in [2.24, 2.45) is 0 Å². The van der Waals surface area contributed by atoms with Crippen molar-refractivity contribution in [3.8, 4) is 5.75 Å². The van der Waals surface area contributed by atoms with Gasteiger partial charge in [-0.1, -0.05) is 23.7 Å². The summed E-state index contributed by atoms with van der Waals surface area (Å²) in [6.07, 6.45) is 2.30. The fourth-order valence-electron chi connectivity index (χ4n) is 6.23. The lowest BCUT2D eigenvalue weighted by Gasteiger charge is -2.42. The largest absolute Gasteiger partial charge is 0.494 e. The molecule has 0 radical (unpaired) electrons. The summed E-state index contributed by atoms with van der Waals surface area (Å²) in [7, 11) is 0.310. The Bertz CT molecular complexity index is 1800. The molecule has 0 spiro atoms. The number of anilines is 5. The van der Waals surface area contributed by atoms with Crippen LogP contribution in [0.5, 0.6) is 5.75 Å². The number of methoxy groups -OCH3 is 1. The molecule has 2 aliphatic heterocycles. The van der Waals surface area contributed by atoms with Crippen LogP contribution in [0.3, 0.4) is 0 Å². The first-order valence-corrected chi connectivity index (χ1v) is 17.7. The maximum absolute atomic E-state index is 13.1. The minimum absolute atomic E-state index is 0.213. The van der Waals surface area contributed by atoms with E-state index in [1.54, 1.807) is 57.4 Å². The molecule has 244 valence electrons. The van der Waals surface area contributed by atoms with E-state index in [1.807, 2.05) is 12.1 Å². The molecule has 0 amide bonds. The van der Waals surface area contributed by atoms with E-state index >= 15 is 0 Å². The molecule has 0 unspecified atom stereocenters. The summed E-state index contributed by atoms with van der Waals surface area (Å²) in [4.78, 5) is 17.2. The number of halogens is 1. The Kier molecular flexibility index (Phi) is 9.56. The van der Waals surface area contributed by atoms with Gasteiger partial charge >= 0.3 is 0 Å². The topological polar surface area (TPSA) is 103 Å². The van der Waals surface area contributed by atoms with Gasteiger partial charge in [-0.3, -0.25) is 4.90 Å². The maximum Gasteiger partial charge on any atom is 0.229 e. The van der Waals surface area contributed by atoms with E-state index in [4.69, 9.17) is 26.3 Å². The SMILES string of the molecule is COc1cc(N2CCC(N3CCN(C)CC3)CC2)ccc1Nc1nc(Nc2ccccc2S(=O)(=O)C(C)C)c2ccc(Cl)cc2n1. The number of hydrogen-bond acceptors (Lipinski definition) is 10. The number of fused-ring (bicyclic) bond motifs is 1. The van der Waals surface area contributed by atoms with E-state index in [0.717, 1.165) is 57.8 Å². The van der Waals surface area contributed by atoms with Crippen molar-refractivity contribution in [1.29, 1.82) is 0 Å². The zero-order valence-electron chi connectivity index (χ0n) is 26.8. The lowest BCUT2D eigenvalue weighted by molar-refractivity contribution is 0.0982. The van der Waals surface area contributed by atoms with Gasteiger partial charge in [0, 0.05) is 67.5 Å². The van der Waals surface area contributed by atoms with E-state index < -0.39 is 15.1 Å². The lowest BCUT2D eigenvalue weighted by Crippen LogP contribution is -2.52. The molecule has 0 atom stereocenters. The third kappa shape index (κ3) is 6.88. The summed E-state index contributed by atoms with van der Waals surface area (Å²) in [5.74, 6) is 1.45. The molecule has 2 N–H and O–H groups in total. The smallest absolute Gasteiger partial charge is 0.229 e. The Balaban J connectivity index is 1.24. The molecule has 4 aromatic rings. The van der Waals surface area contributed by atoms with Gasteiger partial charge in [0.15, 0.2) is 9.84 Å². The minimum Gasteiger partial charge on any atom is -0.494 e. The first-order valence-electron chi connectivity index (χ1n) is 15.8. The van der Waals surface area contributed by atoms with E-state index in [2.05, 4.69) is 44.5 Å². The summed E-state index contributed by atoms with van der Waals surface area (Å²) in [5, 5.41) is 7.26. The Hall–Kier alpha value is -3.64. The van der Waals surface area contributed by atoms with Crippen molar-refractivity contribution in [2.75, 3.05) is 69.0 Å². The second kappa shape index (κ2) is 13.6. The molecule has 0 saturated carbocycles. The number of piperazine rings is 1. The number of nitrogens with zero attached hydrogens (tertiary/aromatic N) is 5. The third-order valence-corrected chi connectivity index (χ3v) is 11.5. The molecule has 0 aliphatic carbocycles.